The van der Waals surface area contributed by atoms with Crippen molar-refractivity contribution in [3.63, 3.8) is 0 Å². The Morgan fingerprint density at radius 3 is 2.66 bits per heavy atom. The van der Waals surface area contributed by atoms with Crippen LogP contribution in [0.4, 0.5) is 18.9 Å². The molecule has 0 radical (unpaired) electrons. The zero-order chi connectivity index (χ0) is 27.0. The number of fused-ring (bicyclic) bond motifs is 2. The number of likely N-dealkylation sites (tertiary alicyclic amines) is 1. The molecule has 5 rings (SSSR count). The second-order valence-corrected chi connectivity index (χ2v) is 10.2. The minimum Gasteiger partial charge on any atom is -0.373 e. The second-order valence-electron chi connectivity index (χ2n) is 10.2. The van der Waals surface area contributed by atoms with Gasteiger partial charge in [-0.2, -0.15) is 18.3 Å². The molecule has 11 heteroatoms. The van der Waals surface area contributed by atoms with Crippen LogP contribution in [0.3, 0.4) is 0 Å². The number of alkyl halides is 3. The molecule has 3 N–H and O–H groups in total. The van der Waals surface area contributed by atoms with Crippen LogP contribution in [0.2, 0.25) is 0 Å². The van der Waals surface area contributed by atoms with E-state index >= 15 is 0 Å². The quantitative estimate of drug-likeness (QED) is 0.318. The summed E-state index contributed by atoms with van der Waals surface area (Å²) in [6, 6.07) is 8.20. The smallest absolute Gasteiger partial charge is 0.373 e. The summed E-state index contributed by atoms with van der Waals surface area (Å²) in [5.41, 5.74) is 5.56. The highest BCUT2D eigenvalue weighted by molar-refractivity contribution is 5.92. The number of pyridine rings is 1. The van der Waals surface area contributed by atoms with Crippen LogP contribution in [0.1, 0.15) is 49.7 Å². The predicted molar refractivity (Wildman–Crippen MR) is 141 cm³/mol. The average molecular weight is 528 g/mol. The maximum Gasteiger partial charge on any atom is 0.405 e. The lowest BCUT2D eigenvalue weighted by molar-refractivity contribution is -0.122. The van der Waals surface area contributed by atoms with Crippen molar-refractivity contribution in [1.29, 1.82) is 0 Å². The lowest BCUT2D eigenvalue weighted by Gasteiger charge is -2.31. The highest BCUT2D eigenvalue weighted by atomic mass is 19.4. The summed E-state index contributed by atoms with van der Waals surface area (Å²) in [4.78, 5) is 21.6. The Morgan fingerprint density at radius 2 is 1.97 bits per heavy atom. The summed E-state index contributed by atoms with van der Waals surface area (Å²) >= 11 is 0. The van der Waals surface area contributed by atoms with Crippen LogP contribution in [-0.2, 0) is 4.79 Å². The molecule has 1 aromatic carbocycles. The molecule has 202 valence electrons. The lowest BCUT2D eigenvalue weighted by atomic mass is 9.87. The fraction of sp³-hybridized carbons (Fsp3) is 0.444. The van der Waals surface area contributed by atoms with Gasteiger partial charge < -0.3 is 15.6 Å². The minimum absolute atomic E-state index is 0.0344. The first-order valence-electron chi connectivity index (χ1n) is 12.9. The van der Waals surface area contributed by atoms with Gasteiger partial charge in [-0.1, -0.05) is 19.9 Å². The van der Waals surface area contributed by atoms with Crippen molar-refractivity contribution in [2.45, 2.75) is 44.7 Å². The first kappa shape index (κ1) is 26.0. The van der Waals surface area contributed by atoms with E-state index in [1.54, 1.807) is 19.3 Å². The summed E-state index contributed by atoms with van der Waals surface area (Å²) in [7, 11) is 1.66. The number of benzene rings is 1. The Morgan fingerprint density at radius 1 is 1.21 bits per heavy atom. The van der Waals surface area contributed by atoms with Gasteiger partial charge in [0.15, 0.2) is 5.65 Å². The third-order valence-electron chi connectivity index (χ3n) is 7.29. The highest BCUT2D eigenvalue weighted by Crippen LogP contribution is 2.39. The molecule has 8 nitrogen and oxygen atoms in total. The zero-order valence-corrected chi connectivity index (χ0v) is 21.7. The number of hydrogen-bond acceptors (Lipinski definition) is 5. The number of anilines is 1. The minimum atomic E-state index is -4.35. The molecule has 38 heavy (non-hydrogen) atoms. The summed E-state index contributed by atoms with van der Waals surface area (Å²) in [5.74, 6) is 0.608. The van der Waals surface area contributed by atoms with E-state index in [2.05, 4.69) is 62.6 Å². The number of likely N-dealkylation sites (N-methyl/N-ethyl adjacent to an activating group) is 1. The van der Waals surface area contributed by atoms with Gasteiger partial charge in [0.25, 0.3) is 0 Å². The SMILES string of the molecule is CNC(=O)CN1CCC(c2ccc3[nH]c(-c4cc(NCC(F)(F)F)c5ncnn5c4)c(C(C)C)c3c2)CC1. The van der Waals surface area contributed by atoms with Crippen molar-refractivity contribution in [1.82, 2.24) is 29.8 Å². The van der Waals surface area contributed by atoms with E-state index in [9.17, 15) is 18.0 Å². The lowest BCUT2D eigenvalue weighted by Crippen LogP contribution is -2.40. The molecule has 1 aliphatic rings. The van der Waals surface area contributed by atoms with Crippen molar-refractivity contribution in [3.05, 3.63) is 47.9 Å². The van der Waals surface area contributed by atoms with Gasteiger partial charge in [-0.15, -0.1) is 0 Å². The fourth-order valence-electron chi connectivity index (χ4n) is 5.41. The van der Waals surface area contributed by atoms with E-state index in [0.717, 1.165) is 53.7 Å². The molecule has 0 atom stereocenters. The van der Waals surface area contributed by atoms with E-state index in [-0.39, 0.29) is 17.5 Å². The third kappa shape index (κ3) is 5.33. The van der Waals surface area contributed by atoms with Crippen LogP contribution >= 0.6 is 0 Å². The van der Waals surface area contributed by atoms with Crippen LogP contribution in [0.5, 0.6) is 0 Å². The molecule has 4 heterocycles. The van der Waals surface area contributed by atoms with Crippen LogP contribution in [0, 0.1) is 0 Å². The van der Waals surface area contributed by atoms with E-state index in [1.165, 1.54) is 16.4 Å². The average Bonchev–Trinajstić information content (AvgIpc) is 3.51. The van der Waals surface area contributed by atoms with Gasteiger partial charge in [-0.3, -0.25) is 9.69 Å². The summed E-state index contributed by atoms with van der Waals surface area (Å²) in [5, 5.41) is 10.5. The molecule has 3 aromatic heterocycles. The number of piperidine rings is 1. The van der Waals surface area contributed by atoms with Crippen LogP contribution in [0.25, 0.3) is 27.8 Å². The standard InChI is InChI=1S/C27H32F3N7O/c1-16(2)24-20-10-18(17-6-8-36(9-7-17)13-23(38)31-3)4-5-21(20)35-25(24)19-11-22(32-14-27(28,29)30)26-33-15-34-37(26)12-19/h4-5,10-12,15-17,32,35H,6-9,13-14H2,1-3H3,(H,31,38). The monoisotopic (exact) mass is 527 g/mol. The number of aromatic amines is 1. The Labute approximate surface area is 218 Å². The fourth-order valence-corrected chi connectivity index (χ4v) is 5.41. The van der Waals surface area contributed by atoms with Crippen molar-refractivity contribution in [3.8, 4) is 11.3 Å². The second kappa shape index (κ2) is 10.3. The number of carbonyl (C=O) groups is 1. The molecular formula is C27H32F3N7O. The van der Waals surface area contributed by atoms with E-state index in [1.807, 2.05) is 0 Å². The number of rotatable bonds is 7. The van der Waals surface area contributed by atoms with Gasteiger partial charge >= 0.3 is 6.18 Å². The summed E-state index contributed by atoms with van der Waals surface area (Å²) in [6.45, 7) is 5.25. The van der Waals surface area contributed by atoms with Gasteiger partial charge in [-0.05, 0) is 67.1 Å². The molecule has 0 aliphatic carbocycles. The molecule has 1 amide bonds. The Balaban J connectivity index is 1.49. The van der Waals surface area contributed by atoms with E-state index < -0.39 is 12.7 Å². The van der Waals surface area contributed by atoms with Crippen LogP contribution < -0.4 is 10.6 Å². The number of H-pyrrole nitrogens is 1. The number of amides is 1. The summed E-state index contributed by atoms with van der Waals surface area (Å²) < 4.78 is 40.4. The van der Waals surface area contributed by atoms with Crippen molar-refractivity contribution in [2.75, 3.05) is 38.5 Å². The first-order chi connectivity index (χ1) is 18.1. The number of halogens is 3. The van der Waals surface area contributed by atoms with E-state index in [4.69, 9.17) is 0 Å². The molecule has 4 aromatic rings. The molecular weight excluding hydrogens is 495 g/mol. The number of carbonyl (C=O) groups excluding carboxylic acids is 1. The molecule has 0 bridgehead atoms. The first-order valence-corrected chi connectivity index (χ1v) is 12.9. The van der Waals surface area contributed by atoms with Gasteiger partial charge in [0.2, 0.25) is 5.91 Å². The topological polar surface area (TPSA) is 90.4 Å². The normalized spacial score (nSPS) is 15.6. The van der Waals surface area contributed by atoms with Gasteiger partial charge in [-0.25, -0.2) is 9.50 Å². The Bertz CT molecular complexity index is 1450. The van der Waals surface area contributed by atoms with Crippen LogP contribution in [0.15, 0.2) is 36.8 Å². The maximum atomic E-state index is 13.0. The van der Waals surface area contributed by atoms with Gasteiger partial charge in [0.1, 0.15) is 12.9 Å². The molecule has 1 aliphatic heterocycles. The van der Waals surface area contributed by atoms with E-state index in [0.29, 0.717) is 18.1 Å². The third-order valence-corrected chi connectivity index (χ3v) is 7.29. The zero-order valence-electron chi connectivity index (χ0n) is 21.7. The largest absolute Gasteiger partial charge is 0.405 e. The number of nitrogens with zero attached hydrogens (tertiary/aromatic N) is 4. The Kier molecular flexibility index (Phi) is 7.04. The molecule has 0 unspecified atom stereocenters. The van der Waals surface area contributed by atoms with Gasteiger partial charge in [0.05, 0.1) is 17.9 Å². The highest BCUT2D eigenvalue weighted by Gasteiger charge is 2.28. The van der Waals surface area contributed by atoms with Crippen molar-refractivity contribution in [2.24, 2.45) is 0 Å². The van der Waals surface area contributed by atoms with Crippen LogP contribution in [-0.4, -0.2) is 69.8 Å². The Hall–Kier alpha value is -3.60. The molecule has 0 saturated carbocycles. The molecule has 0 spiro atoms. The molecule has 1 fully saturated rings. The summed E-state index contributed by atoms with van der Waals surface area (Å²) in [6.07, 6.45) is 0.730. The number of nitrogens with one attached hydrogen (secondary N) is 3. The molecule has 1 saturated heterocycles. The van der Waals surface area contributed by atoms with Crippen molar-refractivity contribution < 1.29 is 18.0 Å². The number of hydrogen-bond donors (Lipinski definition) is 3. The van der Waals surface area contributed by atoms with Crippen molar-refractivity contribution >= 4 is 28.1 Å². The van der Waals surface area contributed by atoms with Gasteiger partial charge in [0, 0.05) is 29.7 Å². The predicted octanol–water partition coefficient (Wildman–Crippen LogP) is 4.90. The number of aromatic nitrogens is 4. The maximum absolute atomic E-state index is 13.0.